The number of hydrogen-bond acceptors (Lipinski definition) is 3. The maximum atomic E-state index is 12.3. The van der Waals surface area contributed by atoms with Crippen LogP contribution in [0.2, 0.25) is 0 Å². The van der Waals surface area contributed by atoms with Gasteiger partial charge < -0.3 is 14.7 Å². The van der Waals surface area contributed by atoms with E-state index < -0.39 is 11.7 Å². The maximum Gasteiger partial charge on any atom is 0.410 e. The lowest BCUT2D eigenvalue weighted by Gasteiger charge is -2.44. The fraction of sp³-hybridized carbons (Fsp3) is 0.571. The number of ether oxygens (including phenoxy) is 1. The second-order valence-electron chi connectivity index (χ2n) is 8.00. The molecule has 1 aromatic carbocycles. The van der Waals surface area contributed by atoms with E-state index in [1.807, 2.05) is 39.0 Å². The number of aryl methyl sites for hydroxylation is 1. The Bertz CT molecular complexity index is 569. The molecule has 25 heavy (non-hydrogen) atoms. The van der Waals surface area contributed by atoms with Crippen LogP contribution in [0.5, 0.6) is 0 Å². The van der Waals surface area contributed by atoms with E-state index in [2.05, 4.69) is 18.7 Å². The van der Waals surface area contributed by atoms with E-state index in [-0.39, 0.29) is 11.5 Å². The Labute approximate surface area is 151 Å². The van der Waals surface area contributed by atoms with Crippen LogP contribution in [0.25, 0.3) is 0 Å². The van der Waals surface area contributed by atoms with E-state index in [4.69, 9.17) is 4.74 Å². The number of aliphatic hydroxyl groups is 1. The van der Waals surface area contributed by atoms with Crippen LogP contribution in [0.15, 0.2) is 43.0 Å². The summed E-state index contributed by atoms with van der Waals surface area (Å²) in [5.74, 6) is 0. The Hall–Kier alpha value is -1.81. The van der Waals surface area contributed by atoms with Crippen molar-refractivity contribution in [3.05, 3.63) is 48.6 Å². The Kier molecular flexibility index (Phi) is 6.28. The number of nitrogens with zero attached hydrogens (tertiary/aromatic N) is 1. The number of aliphatic hydroxyl groups excluding tert-OH is 1. The first-order valence-electron chi connectivity index (χ1n) is 9.08. The van der Waals surface area contributed by atoms with E-state index in [0.29, 0.717) is 13.1 Å². The minimum atomic E-state index is -0.558. The van der Waals surface area contributed by atoms with Crippen LogP contribution in [0.1, 0.15) is 45.6 Å². The third-order valence-corrected chi connectivity index (χ3v) is 5.02. The summed E-state index contributed by atoms with van der Waals surface area (Å²) in [5.41, 5.74) is 0.558. The number of amides is 1. The van der Waals surface area contributed by atoms with Crippen LogP contribution in [0.3, 0.4) is 0 Å². The topological polar surface area (TPSA) is 49.8 Å². The molecule has 1 atom stereocenters. The molecule has 1 saturated heterocycles. The van der Waals surface area contributed by atoms with Gasteiger partial charge in [-0.3, -0.25) is 0 Å². The lowest BCUT2D eigenvalue weighted by Crippen LogP contribution is -2.49. The van der Waals surface area contributed by atoms with E-state index >= 15 is 0 Å². The van der Waals surface area contributed by atoms with Crippen molar-refractivity contribution in [1.29, 1.82) is 0 Å². The standard InChI is InChI=1S/C21H31NO3/c1-5-18(23)21(12-11-17-9-7-6-8-10-17)13-15-22(16-14-21)19(24)25-20(2,3)4/h5-10,18,23H,1,11-16H2,2-4H3. The van der Waals surface area contributed by atoms with Gasteiger partial charge in [-0.05, 0) is 52.0 Å². The van der Waals surface area contributed by atoms with E-state index in [0.717, 1.165) is 25.7 Å². The average molecular weight is 345 g/mol. The largest absolute Gasteiger partial charge is 0.444 e. The van der Waals surface area contributed by atoms with Gasteiger partial charge in [-0.15, -0.1) is 6.58 Å². The molecule has 0 bridgehead atoms. The molecule has 1 amide bonds. The van der Waals surface area contributed by atoms with Gasteiger partial charge in [0.1, 0.15) is 5.60 Å². The van der Waals surface area contributed by atoms with Crippen molar-refractivity contribution in [3.8, 4) is 0 Å². The van der Waals surface area contributed by atoms with Crippen molar-refractivity contribution >= 4 is 6.09 Å². The van der Waals surface area contributed by atoms with Crippen LogP contribution in [0, 0.1) is 5.41 Å². The number of carbonyl (C=O) groups excluding carboxylic acids is 1. The SMILES string of the molecule is C=CC(O)C1(CCc2ccccc2)CCN(C(=O)OC(C)(C)C)CC1. The molecule has 4 nitrogen and oxygen atoms in total. The Morgan fingerprint density at radius 1 is 1.32 bits per heavy atom. The Morgan fingerprint density at radius 3 is 2.44 bits per heavy atom. The van der Waals surface area contributed by atoms with Gasteiger partial charge in [0.25, 0.3) is 0 Å². The first-order valence-corrected chi connectivity index (χ1v) is 9.08. The second-order valence-corrected chi connectivity index (χ2v) is 8.00. The summed E-state index contributed by atoms with van der Waals surface area (Å²) in [7, 11) is 0. The predicted octanol–water partition coefficient (Wildman–Crippen LogP) is 4.18. The quantitative estimate of drug-likeness (QED) is 0.814. The van der Waals surface area contributed by atoms with Gasteiger partial charge in [0.2, 0.25) is 0 Å². The second kappa shape index (κ2) is 8.05. The molecule has 0 radical (unpaired) electrons. The number of hydrogen-bond donors (Lipinski definition) is 1. The average Bonchev–Trinajstić information content (AvgIpc) is 2.59. The minimum absolute atomic E-state index is 0.226. The summed E-state index contributed by atoms with van der Waals surface area (Å²) in [6.45, 7) is 10.6. The van der Waals surface area contributed by atoms with Crippen molar-refractivity contribution in [3.63, 3.8) is 0 Å². The summed E-state index contributed by atoms with van der Waals surface area (Å²) in [6, 6.07) is 10.3. The molecule has 0 aromatic heterocycles. The van der Waals surface area contributed by atoms with Gasteiger partial charge >= 0.3 is 6.09 Å². The number of piperidine rings is 1. The fourth-order valence-corrected chi connectivity index (χ4v) is 3.44. The summed E-state index contributed by atoms with van der Waals surface area (Å²) in [6.07, 6.45) is 4.12. The van der Waals surface area contributed by atoms with Gasteiger partial charge in [0.15, 0.2) is 0 Å². The number of carbonyl (C=O) groups is 1. The summed E-state index contributed by atoms with van der Waals surface area (Å²) in [4.78, 5) is 14.0. The normalized spacial score (nSPS) is 18.5. The fourth-order valence-electron chi connectivity index (χ4n) is 3.44. The molecule has 1 N–H and O–H groups in total. The number of benzene rings is 1. The molecule has 0 spiro atoms. The molecule has 1 aromatic rings. The lowest BCUT2D eigenvalue weighted by atomic mass is 9.70. The molecular formula is C21H31NO3. The van der Waals surface area contributed by atoms with Crippen molar-refractivity contribution in [2.24, 2.45) is 5.41 Å². The molecule has 4 heteroatoms. The van der Waals surface area contributed by atoms with Crippen LogP contribution in [0.4, 0.5) is 4.79 Å². The van der Waals surface area contributed by atoms with Gasteiger partial charge in [0, 0.05) is 18.5 Å². The zero-order valence-corrected chi connectivity index (χ0v) is 15.7. The highest BCUT2D eigenvalue weighted by Crippen LogP contribution is 2.40. The predicted molar refractivity (Wildman–Crippen MR) is 100 cm³/mol. The highest BCUT2D eigenvalue weighted by Gasteiger charge is 2.40. The Morgan fingerprint density at radius 2 is 1.92 bits per heavy atom. The van der Waals surface area contributed by atoms with Gasteiger partial charge in [0.05, 0.1) is 6.10 Å². The molecule has 138 valence electrons. The van der Waals surface area contributed by atoms with Gasteiger partial charge in [-0.2, -0.15) is 0 Å². The molecule has 0 saturated carbocycles. The van der Waals surface area contributed by atoms with Crippen LogP contribution >= 0.6 is 0 Å². The summed E-state index contributed by atoms with van der Waals surface area (Å²) >= 11 is 0. The van der Waals surface area contributed by atoms with Gasteiger partial charge in [-0.1, -0.05) is 36.4 Å². The van der Waals surface area contributed by atoms with Crippen LogP contribution < -0.4 is 0 Å². The molecule has 1 fully saturated rings. The van der Waals surface area contributed by atoms with Crippen LogP contribution in [-0.2, 0) is 11.2 Å². The van der Waals surface area contributed by atoms with Crippen molar-refractivity contribution in [1.82, 2.24) is 4.90 Å². The summed E-state index contributed by atoms with van der Waals surface area (Å²) < 4.78 is 5.47. The highest BCUT2D eigenvalue weighted by molar-refractivity contribution is 5.68. The zero-order valence-electron chi connectivity index (χ0n) is 15.7. The molecular weight excluding hydrogens is 314 g/mol. The third-order valence-electron chi connectivity index (χ3n) is 5.02. The zero-order chi connectivity index (χ0) is 18.5. The Balaban J connectivity index is 2.00. The molecule has 0 aliphatic carbocycles. The molecule has 1 aliphatic heterocycles. The maximum absolute atomic E-state index is 12.3. The van der Waals surface area contributed by atoms with Crippen LogP contribution in [-0.4, -0.2) is 40.9 Å². The summed E-state index contributed by atoms with van der Waals surface area (Å²) in [5, 5.41) is 10.6. The van der Waals surface area contributed by atoms with E-state index in [1.54, 1.807) is 11.0 Å². The van der Waals surface area contributed by atoms with E-state index in [1.165, 1.54) is 5.56 Å². The molecule has 1 aliphatic rings. The van der Waals surface area contributed by atoms with Crippen molar-refractivity contribution < 1.29 is 14.6 Å². The highest BCUT2D eigenvalue weighted by atomic mass is 16.6. The first kappa shape index (κ1) is 19.5. The number of rotatable bonds is 5. The third kappa shape index (κ3) is 5.33. The van der Waals surface area contributed by atoms with Crippen molar-refractivity contribution in [2.45, 2.75) is 58.2 Å². The minimum Gasteiger partial charge on any atom is -0.444 e. The van der Waals surface area contributed by atoms with Crippen molar-refractivity contribution in [2.75, 3.05) is 13.1 Å². The smallest absolute Gasteiger partial charge is 0.410 e. The first-order chi connectivity index (χ1) is 11.8. The lowest BCUT2D eigenvalue weighted by molar-refractivity contribution is -0.0204. The van der Waals surface area contributed by atoms with E-state index in [9.17, 15) is 9.90 Å². The van der Waals surface area contributed by atoms with Gasteiger partial charge in [-0.25, -0.2) is 4.79 Å². The number of likely N-dealkylation sites (tertiary alicyclic amines) is 1. The monoisotopic (exact) mass is 345 g/mol. The molecule has 1 unspecified atom stereocenters. The molecule has 1 heterocycles. The molecule has 2 rings (SSSR count).